The lowest BCUT2D eigenvalue weighted by atomic mass is 9.92. The van der Waals surface area contributed by atoms with Gasteiger partial charge < -0.3 is 15.4 Å². The number of amides is 1. The van der Waals surface area contributed by atoms with E-state index in [1.54, 1.807) is 24.3 Å². The summed E-state index contributed by atoms with van der Waals surface area (Å²) in [4.78, 5) is 12.3. The van der Waals surface area contributed by atoms with Gasteiger partial charge in [0.05, 0.1) is 0 Å². The van der Waals surface area contributed by atoms with Crippen molar-refractivity contribution < 1.29 is 13.9 Å². The third-order valence-electron chi connectivity index (χ3n) is 5.39. The van der Waals surface area contributed by atoms with Gasteiger partial charge in [-0.25, -0.2) is 9.18 Å². The van der Waals surface area contributed by atoms with E-state index in [4.69, 9.17) is 16.3 Å². The molecule has 142 valence electrons. The predicted octanol–water partition coefficient (Wildman–Crippen LogP) is 4.77. The van der Waals surface area contributed by atoms with Crippen LogP contribution in [0.3, 0.4) is 0 Å². The van der Waals surface area contributed by atoms with E-state index in [1.807, 2.05) is 6.07 Å². The van der Waals surface area contributed by atoms with Gasteiger partial charge in [0.15, 0.2) is 0 Å². The van der Waals surface area contributed by atoms with E-state index in [-0.39, 0.29) is 5.75 Å². The van der Waals surface area contributed by atoms with Gasteiger partial charge in [0.25, 0.3) is 0 Å². The summed E-state index contributed by atoms with van der Waals surface area (Å²) in [5.41, 5.74) is 1.38. The van der Waals surface area contributed by atoms with Crippen LogP contribution in [-0.2, 0) is 0 Å². The van der Waals surface area contributed by atoms with Gasteiger partial charge >= 0.3 is 6.09 Å². The number of carbonyl (C=O) groups is 1. The molecule has 2 heterocycles. The monoisotopic (exact) mass is 388 g/mol. The lowest BCUT2D eigenvalue weighted by Gasteiger charge is -2.29. The second kappa shape index (κ2) is 7.87. The molecule has 1 amide bonds. The summed E-state index contributed by atoms with van der Waals surface area (Å²) in [6.07, 6.45) is 4.03. The van der Waals surface area contributed by atoms with Crippen molar-refractivity contribution in [2.24, 2.45) is 5.92 Å². The third-order valence-corrected chi connectivity index (χ3v) is 5.62. The maximum absolute atomic E-state index is 13.7. The molecule has 6 heteroatoms. The van der Waals surface area contributed by atoms with Gasteiger partial charge in [-0.2, -0.15) is 0 Å². The van der Waals surface area contributed by atoms with E-state index >= 15 is 0 Å². The summed E-state index contributed by atoms with van der Waals surface area (Å²) in [5.74, 6) is 0.176. The standard InChI is InChI=1S/C21H22ClFN2O2/c22-15-3-1-2-14(10-15)19-7-4-16(23)11-20(19)27-21(26)24-12-13-8-17-5-6-18(9-13)25-17/h1-4,7,10-11,13,17-18,25H,5-6,8-9,12H2,(H,24,26). The number of carbonyl (C=O) groups excluding carboxylic acids is 1. The molecular formula is C21H22ClFN2O2. The van der Waals surface area contributed by atoms with E-state index < -0.39 is 11.9 Å². The average molecular weight is 389 g/mol. The Hall–Kier alpha value is -2.11. The van der Waals surface area contributed by atoms with E-state index in [1.165, 1.54) is 25.0 Å². The Kier molecular flexibility index (Phi) is 5.32. The molecule has 2 N–H and O–H groups in total. The van der Waals surface area contributed by atoms with Crippen LogP contribution in [0.25, 0.3) is 11.1 Å². The minimum atomic E-state index is -0.560. The van der Waals surface area contributed by atoms with Crippen LogP contribution in [0.5, 0.6) is 5.75 Å². The Balaban J connectivity index is 1.42. The first-order chi connectivity index (χ1) is 13.1. The van der Waals surface area contributed by atoms with Gasteiger partial charge in [0, 0.05) is 35.3 Å². The van der Waals surface area contributed by atoms with Crippen molar-refractivity contribution in [1.29, 1.82) is 0 Å². The molecule has 4 rings (SSSR count). The van der Waals surface area contributed by atoms with Gasteiger partial charge in [-0.3, -0.25) is 0 Å². The van der Waals surface area contributed by atoms with Crippen molar-refractivity contribution in [3.05, 3.63) is 53.3 Å². The van der Waals surface area contributed by atoms with Crippen LogP contribution in [0.4, 0.5) is 9.18 Å². The highest BCUT2D eigenvalue weighted by atomic mass is 35.5. The minimum absolute atomic E-state index is 0.181. The second-order valence-electron chi connectivity index (χ2n) is 7.40. The zero-order valence-corrected chi connectivity index (χ0v) is 15.6. The molecular weight excluding hydrogens is 367 g/mol. The number of nitrogens with one attached hydrogen (secondary N) is 2. The molecule has 2 aromatic rings. The minimum Gasteiger partial charge on any atom is -0.410 e. The summed E-state index contributed by atoms with van der Waals surface area (Å²) >= 11 is 6.05. The van der Waals surface area contributed by atoms with Crippen molar-refractivity contribution in [2.75, 3.05) is 6.54 Å². The Bertz CT molecular complexity index is 833. The van der Waals surface area contributed by atoms with Gasteiger partial charge in [0.1, 0.15) is 11.6 Å². The normalized spacial score (nSPS) is 23.9. The maximum atomic E-state index is 13.7. The highest BCUT2D eigenvalue weighted by molar-refractivity contribution is 6.30. The highest BCUT2D eigenvalue weighted by Gasteiger charge is 2.33. The van der Waals surface area contributed by atoms with E-state index in [0.29, 0.717) is 35.1 Å². The first-order valence-corrected chi connectivity index (χ1v) is 9.72. The number of fused-ring (bicyclic) bond motifs is 2. The zero-order chi connectivity index (χ0) is 18.8. The molecule has 0 saturated carbocycles. The topological polar surface area (TPSA) is 50.4 Å². The summed E-state index contributed by atoms with van der Waals surface area (Å²) in [6.45, 7) is 0.579. The first-order valence-electron chi connectivity index (χ1n) is 9.34. The van der Waals surface area contributed by atoms with Gasteiger partial charge in [0.2, 0.25) is 0 Å². The number of ether oxygens (including phenoxy) is 1. The lowest BCUT2D eigenvalue weighted by Crippen LogP contribution is -2.42. The molecule has 0 aromatic heterocycles. The van der Waals surface area contributed by atoms with Crippen molar-refractivity contribution in [3.8, 4) is 16.9 Å². The van der Waals surface area contributed by atoms with Crippen LogP contribution in [0, 0.1) is 11.7 Å². The second-order valence-corrected chi connectivity index (χ2v) is 7.83. The van der Waals surface area contributed by atoms with Crippen molar-refractivity contribution in [2.45, 2.75) is 37.8 Å². The number of benzene rings is 2. The van der Waals surface area contributed by atoms with Crippen LogP contribution >= 0.6 is 11.6 Å². The fourth-order valence-electron chi connectivity index (χ4n) is 4.18. The quantitative estimate of drug-likeness (QED) is 0.793. The molecule has 2 fully saturated rings. The molecule has 2 unspecified atom stereocenters. The van der Waals surface area contributed by atoms with E-state index in [0.717, 1.165) is 18.4 Å². The highest BCUT2D eigenvalue weighted by Crippen LogP contribution is 2.33. The van der Waals surface area contributed by atoms with Crippen LogP contribution in [0.1, 0.15) is 25.7 Å². The molecule has 2 aliphatic rings. The average Bonchev–Trinajstić information content (AvgIpc) is 2.98. The molecule has 2 saturated heterocycles. The number of hydrogen-bond donors (Lipinski definition) is 2. The molecule has 0 spiro atoms. The van der Waals surface area contributed by atoms with Crippen LogP contribution in [0.15, 0.2) is 42.5 Å². The molecule has 2 aliphatic heterocycles. The molecule has 2 bridgehead atoms. The number of piperidine rings is 1. The molecule has 0 aliphatic carbocycles. The molecule has 2 aromatic carbocycles. The smallest absolute Gasteiger partial charge is 0.410 e. The Morgan fingerprint density at radius 1 is 1.19 bits per heavy atom. The molecule has 27 heavy (non-hydrogen) atoms. The fourth-order valence-corrected chi connectivity index (χ4v) is 4.37. The van der Waals surface area contributed by atoms with Gasteiger partial charge in [-0.05, 0) is 61.4 Å². The van der Waals surface area contributed by atoms with E-state index in [9.17, 15) is 9.18 Å². The van der Waals surface area contributed by atoms with Crippen LogP contribution < -0.4 is 15.4 Å². The zero-order valence-electron chi connectivity index (χ0n) is 14.9. The first kappa shape index (κ1) is 18.3. The van der Waals surface area contributed by atoms with Crippen LogP contribution in [0.2, 0.25) is 5.02 Å². The summed E-state index contributed by atoms with van der Waals surface area (Å²) in [7, 11) is 0. The summed E-state index contributed by atoms with van der Waals surface area (Å²) in [6, 6.07) is 12.5. The number of hydrogen-bond acceptors (Lipinski definition) is 3. The Morgan fingerprint density at radius 3 is 2.70 bits per heavy atom. The largest absolute Gasteiger partial charge is 0.412 e. The van der Waals surface area contributed by atoms with Crippen molar-refractivity contribution in [1.82, 2.24) is 10.6 Å². The Labute approximate surface area is 163 Å². The van der Waals surface area contributed by atoms with Gasteiger partial charge in [-0.1, -0.05) is 23.7 Å². The number of rotatable bonds is 4. The SMILES string of the molecule is O=C(NCC1CC2CCC(C1)N2)Oc1cc(F)ccc1-c1cccc(Cl)c1. The number of halogens is 2. The molecule has 4 nitrogen and oxygen atoms in total. The Morgan fingerprint density at radius 2 is 1.96 bits per heavy atom. The lowest BCUT2D eigenvalue weighted by molar-refractivity contribution is 0.194. The van der Waals surface area contributed by atoms with Crippen molar-refractivity contribution >= 4 is 17.7 Å². The van der Waals surface area contributed by atoms with E-state index in [2.05, 4.69) is 10.6 Å². The third kappa shape index (κ3) is 4.42. The molecule has 0 radical (unpaired) electrons. The summed E-state index contributed by atoms with van der Waals surface area (Å²) < 4.78 is 19.1. The fraction of sp³-hybridized carbons (Fsp3) is 0.381. The molecule has 2 atom stereocenters. The van der Waals surface area contributed by atoms with Gasteiger partial charge in [-0.15, -0.1) is 0 Å². The predicted molar refractivity (Wildman–Crippen MR) is 104 cm³/mol. The van der Waals surface area contributed by atoms with Crippen molar-refractivity contribution in [3.63, 3.8) is 0 Å². The van der Waals surface area contributed by atoms with Crippen LogP contribution in [-0.4, -0.2) is 24.7 Å². The summed E-state index contributed by atoms with van der Waals surface area (Å²) in [5, 5.41) is 6.99. The maximum Gasteiger partial charge on any atom is 0.412 e.